The highest BCUT2D eigenvalue weighted by atomic mass is 19.4. The molecule has 0 bridgehead atoms. The molecule has 0 aromatic rings. The molecule has 0 aromatic heterocycles. The van der Waals surface area contributed by atoms with Crippen LogP contribution in [-0.4, -0.2) is 65.2 Å². The molecule has 2 rings (SSSR count). The lowest BCUT2D eigenvalue weighted by molar-refractivity contribution is -0.188. The number of carbonyl (C=O) groups excluding carboxylic acids is 1. The maximum absolute atomic E-state index is 12.3. The minimum Gasteiger partial charge on any atom is -0.481 e. The molecule has 2 atom stereocenters. The van der Waals surface area contributed by atoms with E-state index < -0.39 is 24.0 Å². The van der Waals surface area contributed by atoms with Crippen molar-refractivity contribution in [2.24, 2.45) is 5.92 Å². The topological polar surface area (TPSA) is 60.9 Å². The second kappa shape index (κ2) is 4.99. The minimum absolute atomic E-state index is 0.00117. The molecule has 0 spiro atoms. The van der Waals surface area contributed by atoms with Crippen LogP contribution in [0.2, 0.25) is 0 Å². The predicted octanol–water partition coefficient (Wildman–Crippen LogP) is 0.556. The number of aliphatic carboxylic acids is 1. The maximum atomic E-state index is 12.3. The van der Waals surface area contributed by atoms with Gasteiger partial charge in [0, 0.05) is 32.2 Å². The molecule has 0 saturated carbocycles. The number of carbonyl (C=O) groups is 2. The monoisotopic (exact) mass is 280 g/mol. The lowest BCUT2D eigenvalue weighted by Gasteiger charge is -2.45. The smallest absolute Gasteiger partial charge is 0.471 e. The number of alkyl halides is 3. The largest absolute Gasteiger partial charge is 0.481 e. The zero-order chi connectivity index (χ0) is 14.2. The summed E-state index contributed by atoms with van der Waals surface area (Å²) in [6.07, 6.45) is -3.87. The molecule has 2 saturated heterocycles. The fourth-order valence-electron chi connectivity index (χ4n) is 2.74. The number of rotatable bonds is 1. The third-order valence-electron chi connectivity index (χ3n) is 3.79. The van der Waals surface area contributed by atoms with Gasteiger partial charge in [0.25, 0.3) is 0 Å². The number of amides is 1. The Kier molecular flexibility index (Phi) is 3.71. The quantitative estimate of drug-likeness (QED) is 0.762. The number of piperazine rings is 1. The second-order valence-corrected chi connectivity index (χ2v) is 5.01. The van der Waals surface area contributed by atoms with E-state index in [-0.39, 0.29) is 19.1 Å². The standard InChI is InChI=1S/C11H15F3N2O3/c12-11(13,14)10(19)16-4-3-15-5-7(9(17)18)1-2-8(15)6-16/h7-8H,1-6H2,(H,17,18)/t7-,8-/m1/s1. The molecule has 0 aromatic carbocycles. The zero-order valence-corrected chi connectivity index (χ0v) is 10.2. The van der Waals surface area contributed by atoms with Gasteiger partial charge >= 0.3 is 18.1 Å². The van der Waals surface area contributed by atoms with Gasteiger partial charge in [-0.05, 0) is 12.8 Å². The summed E-state index contributed by atoms with van der Waals surface area (Å²) >= 11 is 0. The average molecular weight is 280 g/mol. The Balaban J connectivity index is 1.96. The lowest BCUT2D eigenvalue weighted by atomic mass is 9.91. The van der Waals surface area contributed by atoms with Crippen LogP contribution in [0.3, 0.4) is 0 Å². The van der Waals surface area contributed by atoms with E-state index in [1.807, 2.05) is 4.90 Å². The van der Waals surface area contributed by atoms with Gasteiger partial charge in [-0.3, -0.25) is 14.5 Å². The Labute approximate surface area is 108 Å². The average Bonchev–Trinajstić information content (AvgIpc) is 2.35. The summed E-state index contributed by atoms with van der Waals surface area (Å²) < 4.78 is 37.0. The first-order chi connectivity index (χ1) is 8.79. The van der Waals surface area contributed by atoms with E-state index in [1.165, 1.54) is 0 Å². The molecule has 0 aliphatic carbocycles. The molecule has 2 aliphatic heterocycles. The molecular formula is C11H15F3N2O3. The molecule has 19 heavy (non-hydrogen) atoms. The molecule has 2 aliphatic rings. The summed E-state index contributed by atoms with van der Waals surface area (Å²) in [6, 6.07) is -0.157. The van der Waals surface area contributed by atoms with Gasteiger partial charge in [-0.15, -0.1) is 0 Å². The van der Waals surface area contributed by atoms with Crippen molar-refractivity contribution < 1.29 is 27.9 Å². The Hall–Kier alpha value is -1.31. The van der Waals surface area contributed by atoms with Crippen molar-refractivity contribution in [3.8, 4) is 0 Å². The van der Waals surface area contributed by atoms with Crippen LogP contribution in [0, 0.1) is 5.92 Å². The Bertz CT molecular complexity index is 386. The number of piperidine rings is 1. The van der Waals surface area contributed by atoms with E-state index in [1.54, 1.807) is 0 Å². The molecular weight excluding hydrogens is 265 g/mol. The number of halogens is 3. The van der Waals surface area contributed by atoms with E-state index in [9.17, 15) is 22.8 Å². The summed E-state index contributed by atoms with van der Waals surface area (Å²) in [4.78, 5) is 24.7. The molecule has 0 radical (unpaired) electrons. The first kappa shape index (κ1) is 14.1. The van der Waals surface area contributed by atoms with Gasteiger partial charge in [0.15, 0.2) is 0 Å². The van der Waals surface area contributed by atoms with E-state index in [4.69, 9.17) is 5.11 Å². The van der Waals surface area contributed by atoms with Gasteiger partial charge in [0.05, 0.1) is 5.92 Å². The van der Waals surface area contributed by atoms with Gasteiger partial charge in [-0.2, -0.15) is 13.2 Å². The van der Waals surface area contributed by atoms with Crippen molar-refractivity contribution in [3.63, 3.8) is 0 Å². The first-order valence-corrected chi connectivity index (χ1v) is 6.12. The van der Waals surface area contributed by atoms with Crippen LogP contribution in [0.1, 0.15) is 12.8 Å². The molecule has 0 unspecified atom stereocenters. The van der Waals surface area contributed by atoms with Crippen LogP contribution in [0.25, 0.3) is 0 Å². The summed E-state index contributed by atoms with van der Waals surface area (Å²) in [5, 5.41) is 8.94. The van der Waals surface area contributed by atoms with Crippen LogP contribution in [0.5, 0.6) is 0 Å². The first-order valence-electron chi connectivity index (χ1n) is 6.12. The highest BCUT2D eigenvalue weighted by molar-refractivity contribution is 5.82. The molecule has 2 heterocycles. The van der Waals surface area contributed by atoms with E-state index in [0.717, 1.165) is 4.90 Å². The molecule has 5 nitrogen and oxygen atoms in total. The summed E-state index contributed by atoms with van der Waals surface area (Å²) in [6.45, 7) is 0.691. The van der Waals surface area contributed by atoms with E-state index in [2.05, 4.69) is 0 Å². The number of nitrogens with zero attached hydrogens (tertiary/aromatic N) is 2. The fraction of sp³-hybridized carbons (Fsp3) is 0.818. The van der Waals surface area contributed by atoms with Crippen molar-refractivity contribution in [1.82, 2.24) is 9.80 Å². The van der Waals surface area contributed by atoms with Crippen LogP contribution < -0.4 is 0 Å². The van der Waals surface area contributed by atoms with Crippen LogP contribution in [0.15, 0.2) is 0 Å². The van der Waals surface area contributed by atoms with E-state index in [0.29, 0.717) is 25.9 Å². The number of hydrogen-bond donors (Lipinski definition) is 1. The van der Waals surface area contributed by atoms with Crippen LogP contribution in [0.4, 0.5) is 13.2 Å². The molecule has 1 N–H and O–H groups in total. The zero-order valence-electron chi connectivity index (χ0n) is 10.2. The van der Waals surface area contributed by atoms with Gasteiger partial charge in [-0.25, -0.2) is 0 Å². The maximum Gasteiger partial charge on any atom is 0.471 e. The lowest BCUT2D eigenvalue weighted by Crippen LogP contribution is -2.59. The Morgan fingerprint density at radius 3 is 2.37 bits per heavy atom. The highest BCUT2D eigenvalue weighted by Gasteiger charge is 2.45. The highest BCUT2D eigenvalue weighted by Crippen LogP contribution is 2.27. The van der Waals surface area contributed by atoms with Gasteiger partial charge in [0.1, 0.15) is 0 Å². The van der Waals surface area contributed by atoms with E-state index >= 15 is 0 Å². The van der Waals surface area contributed by atoms with Crippen LogP contribution in [-0.2, 0) is 9.59 Å². The summed E-state index contributed by atoms with van der Waals surface area (Å²) in [7, 11) is 0. The predicted molar refractivity (Wildman–Crippen MR) is 58.4 cm³/mol. The SMILES string of the molecule is O=C(O)[C@@H]1CC[C@@H]2CN(C(=O)C(F)(F)F)CCN2C1. The molecule has 8 heteroatoms. The van der Waals surface area contributed by atoms with Crippen molar-refractivity contribution in [1.29, 1.82) is 0 Å². The number of hydrogen-bond acceptors (Lipinski definition) is 3. The molecule has 2 fully saturated rings. The third-order valence-corrected chi connectivity index (χ3v) is 3.79. The Morgan fingerprint density at radius 1 is 1.11 bits per heavy atom. The second-order valence-electron chi connectivity index (χ2n) is 5.01. The van der Waals surface area contributed by atoms with Crippen molar-refractivity contribution in [3.05, 3.63) is 0 Å². The third kappa shape index (κ3) is 2.99. The Morgan fingerprint density at radius 2 is 1.79 bits per heavy atom. The molecule has 1 amide bonds. The number of fused-ring (bicyclic) bond motifs is 1. The van der Waals surface area contributed by atoms with Crippen molar-refractivity contribution in [2.75, 3.05) is 26.2 Å². The van der Waals surface area contributed by atoms with Crippen molar-refractivity contribution in [2.45, 2.75) is 25.1 Å². The van der Waals surface area contributed by atoms with Gasteiger partial charge in [-0.1, -0.05) is 0 Å². The number of carboxylic acid groups (broad SMARTS) is 1. The van der Waals surface area contributed by atoms with Crippen molar-refractivity contribution >= 4 is 11.9 Å². The minimum atomic E-state index is -4.83. The van der Waals surface area contributed by atoms with Crippen LogP contribution >= 0.6 is 0 Å². The number of carboxylic acids is 1. The normalized spacial score (nSPS) is 28.9. The summed E-state index contributed by atoms with van der Waals surface area (Å²) in [5.41, 5.74) is 0. The molecule has 108 valence electrons. The summed E-state index contributed by atoms with van der Waals surface area (Å²) in [5.74, 6) is -3.12. The van der Waals surface area contributed by atoms with Gasteiger partial charge < -0.3 is 10.0 Å². The van der Waals surface area contributed by atoms with Gasteiger partial charge in [0.2, 0.25) is 0 Å². The fourth-order valence-corrected chi connectivity index (χ4v) is 2.74.